The summed E-state index contributed by atoms with van der Waals surface area (Å²) < 4.78 is 12.1. The molecule has 0 spiro atoms. The van der Waals surface area contributed by atoms with Crippen LogP contribution in [0.5, 0.6) is 5.75 Å². The Bertz CT molecular complexity index is 694. The molecule has 0 aliphatic carbocycles. The van der Waals surface area contributed by atoms with Crippen molar-refractivity contribution < 1.29 is 14.3 Å². The summed E-state index contributed by atoms with van der Waals surface area (Å²) in [5.41, 5.74) is 6.75. The largest absolute Gasteiger partial charge is 0.494 e. The number of methoxy groups -OCH3 is 1. The van der Waals surface area contributed by atoms with Crippen molar-refractivity contribution in [2.24, 2.45) is 0 Å². The van der Waals surface area contributed by atoms with Gasteiger partial charge < -0.3 is 20.5 Å². The van der Waals surface area contributed by atoms with Crippen molar-refractivity contribution in [2.45, 2.75) is 18.9 Å². The number of nitrogens with one attached hydrogen (secondary N) is 1. The molecule has 1 aromatic carbocycles. The van der Waals surface area contributed by atoms with Gasteiger partial charge in [0.25, 0.3) is 5.91 Å². The monoisotopic (exact) mass is 317 g/mol. The lowest BCUT2D eigenvalue weighted by molar-refractivity contribution is 0.0854. The number of amides is 1. The molecule has 8 nitrogen and oxygen atoms in total. The molecule has 1 atom stereocenters. The van der Waals surface area contributed by atoms with Gasteiger partial charge in [-0.15, -0.1) is 5.10 Å². The molecule has 1 aliphatic rings. The van der Waals surface area contributed by atoms with Crippen molar-refractivity contribution in [3.8, 4) is 11.4 Å². The van der Waals surface area contributed by atoms with Crippen LogP contribution in [0.15, 0.2) is 24.3 Å². The van der Waals surface area contributed by atoms with Gasteiger partial charge in [0.1, 0.15) is 11.4 Å². The maximum absolute atomic E-state index is 12.2. The zero-order chi connectivity index (χ0) is 16.2. The highest BCUT2D eigenvalue weighted by molar-refractivity contribution is 5.96. The molecule has 3 rings (SSSR count). The molecule has 122 valence electrons. The Morgan fingerprint density at radius 2 is 2.35 bits per heavy atom. The molecule has 0 unspecified atom stereocenters. The van der Waals surface area contributed by atoms with E-state index in [1.54, 1.807) is 19.2 Å². The quantitative estimate of drug-likeness (QED) is 0.844. The van der Waals surface area contributed by atoms with E-state index < -0.39 is 0 Å². The minimum absolute atomic E-state index is 0.0597. The van der Waals surface area contributed by atoms with Gasteiger partial charge >= 0.3 is 0 Å². The highest BCUT2D eigenvalue weighted by Crippen LogP contribution is 2.24. The van der Waals surface area contributed by atoms with Gasteiger partial charge in [-0.05, 0) is 25.0 Å². The summed E-state index contributed by atoms with van der Waals surface area (Å²) in [7, 11) is 1.56. The van der Waals surface area contributed by atoms with Crippen LogP contribution >= 0.6 is 0 Å². The predicted molar refractivity (Wildman–Crippen MR) is 83.6 cm³/mol. The molecule has 1 amide bonds. The minimum atomic E-state index is -0.362. The van der Waals surface area contributed by atoms with Gasteiger partial charge in [0.15, 0.2) is 11.5 Å². The SMILES string of the molecule is COc1ccccc1-n1nnc(C(=O)NC[C@H]2CCCO2)c1N. The molecule has 0 bridgehead atoms. The standard InChI is InChI=1S/C15H19N5O3/c1-22-12-7-3-2-6-11(12)20-14(16)13(18-19-20)15(21)17-9-10-5-4-8-23-10/h2-3,6-7,10H,4-5,8-9,16H2,1H3,(H,17,21)/t10-/m1/s1. The third-order valence-corrected chi connectivity index (χ3v) is 3.75. The van der Waals surface area contributed by atoms with Crippen LogP contribution in [0, 0.1) is 0 Å². The van der Waals surface area contributed by atoms with Crippen LogP contribution in [-0.2, 0) is 4.74 Å². The van der Waals surface area contributed by atoms with Crippen LogP contribution in [0.3, 0.4) is 0 Å². The summed E-state index contributed by atoms with van der Waals surface area (Å²) in [6.45, 7) is 1.19. The molecular weight excluding hydrogens is 298 g/mol. The Morgan fingerprint density at radius 1 is 1.52 bits per heavy atom. The molecule has 1 fully saturated rings. The van der Waals surface area contributed by atoms with E-state index in [4.69, 9.17) is 15.2 Å². The fraction of sp³-hybridized carbons (Fsp3) is 0.400. The minimum Gasteiger partial charge on any atom is -0.494 e. The van der Waals surface area contributed by atoms with Gasteiger partial charge in [-0.1, -0.05) is 17.3 Å². The molecular formula is C15H19N5O3. The molecule has 8 heteroatoms. The van der Waals surface area contributed by atoms with Crippen LogP contribution in [0.1, 0.15) is 23.3 Å². The number of aromatic nitrogens is 3. The first-order chi connectivity index (χ1) is 11.2. The fourth-order valence-corrected chi connectivity index (χ4v) is 2.53. The number of carbonyl (C=O) groups excluding carboxylic acids is 1. The summed E-state index contributed by atoms with van der Waals surface area (Å²) in [5.74, 6) is 0.397. The van der Waals surface area contributed by atoms with Gasteiger partial charge in [0.05, 0.1) is 13.2 Å². The van der Waals surface area contributed by atoms with Gasteiger partial charge in [-0.2, -0.15) is 4.68 Å². The van der Waals surface area contributed by atoms with Crippen molar-refractivity contribution >= 4 is 11.7 Å². The fourth-order valence-electron chi connectivity index (χ4n) is 2.53. The highest BCUT2D eigenvalue weighted by atomic mass is 16.5. The second-order valence-corrected chi connectivity index (χ2v) is 5.25. The molecule has 1 saturated heterocycles. The number of hydrogen-bond acceptors (Lipinski definition) is 6. The molecule has 1 aliphatic heterocycles. The van der Waals surface area contributed by atoms with Gasteiger partial charge in [0, 0.05) is 13.2 Å². The van der Waals surface area contributed by atoms with E-state index in [1.165, 1.54) is 4.68 Å². The second-order valence-electron chi connectivity index (χ2n) is 5.25. The number of ether oxygens (including phenoxy) is 2. The van der Waals surface area contributed by atoms with E-state index >= 15 is 0 Å². The van der Waals surface area contributed by atoms with E-state index in [0.29, 0.717) is 18.0 Å². The van der Waals surface area contributed by atoms with Gasteiger partial charge in [-0.3, -0.25) is 4.79 Å². The number of rotatable bonds is 5. The first kappa shape index (κ1) is 15.3. The first-order valence-corrected chi connectivity index (χ1v) is 7.45. The van der Waals surface area contributed by atoms with Gasteiger partial charge in [-0.25, -0.2) is 0 Å². The molecule has 2 heterocycles. The number of nitrogen functional groups attached to an aromatic ring is 1. The van der Waals surface area contributed by atoms with Crippen LogP contribution in [0.25, 0.3) is 5.69 Å². The van der Waals surface area contributed by atoms with Crippen LogP contribution in [0.4, 0.5) is 5.82 Å². The summed E-state index contributed by atoms with van der Waals surface area (Å²) in [5, 5.41) is 10.6. The molecule has 23 heavy (non-hydrogen) atoms. The average molecular weight is 317 g/mol. The molecule has 1 aromatic heterocycles. The van der Waals surface area contributed by atoms with Gasteiger partial charge in [0.2, 0.25) is 0 Å². The Kier molecular flexibility index (Phi) is 4.42. The van der Waals surface area contributed by atoms with Crippen LogP contribution in [0.2, 0.25) is 0 Å². The van der Waals surface area contributed by atoms with Crippen molar-refractivity contribution in [2.75, 3.05) is 26.0 Å². The van der Waals surface area contributed by atoms with E-state index in [1.807, 2.05) is 12.1 Å². The summed E-state index contributed by atoms with van der Waals surface area (Å²) in [6, 6.07) is 7.24. The third-order valence-electron chi connectivity index (χ3n) is 3.75. The lowest BCUT2D eigenvalue weighted by Crippen LogP contribution is -2.32. The maximum atomic E-state index is 12.2. The summed E-state index contributed by atoms with van der Waals surface area (Å²) in [4.78, 5) is 12.2. The summed E-state index contributed by atoms with van der Waals surface area (Å²) >= 11 is 0. The predicted octanol–water partition coefficient (Wildman–Crippen LogP) is 0.767. The van der Waals surface area contributed by atoms with Crippen molar-refractivity contribution in [3.05, 3.63) is 30.0 Å². The van der Waals surface area contributed by atoms with E-state index in [0.717, 1.165) is 19.4 Å². The van der Waals surface area contributed by atoms with Crippen molar-refractivity contribution in [1.82, 2.24) is 20.3 Å². The Hall–Kier alpha value is -2.61. The van der Waals surface area contributed by atoms with E-state index in [2.05, 4.69) is 15.6 Å². The Labute approximate surface area is 133 Å². The number of anilines is 1. The van der Waals surface area contributed by atoms with Crippen molar-refractivity contribution in [1.29, 1.82) is 0 Å². The number of para-hydroxylation sites is 2. The van der Waals surface area contributed by atoms with E-state index in [9.17, 15) is 4.79 Å². The van der Waals surface area contributed by atoms with Crippen molar-refractivity contribution in [3.63, 3.8) is 0 Å². The van der Waals surface area contributed by atoms with Crippen LogP contribution < -0.4 is 15.8 Å². The second kappa shape index (κ2) is 6.66. The topological polar surface area (TPSA) is 104 Å². The Morgan fingerprint density at radius 3 is 3.09 bits per heavy atom. The van der Waals surface area contributed by atoms with Crippen LogP contribution in [-0.4, -0.2) is 47.3 Å². The molecule has 3 N–H and O–H groups in total. The smallest absolute Gasteiger partial charge is 0.275 e. The molecule has 0 saturated carbocycles. The number of carbonyl (C=O) groups is 1. The lowest BCUT2D eigenvalue weighted by Gasteiger charge is -2.10. The molecule has 0 radical (unpaired) electrons. The lowest BCUT2D eigenvalue weighted by atomic mass is 10.2. The maximum Gasteiger partial charge on any atom is 0.275 e. The highest BCUT2D eigenvalue weighted by Gasteiger charge is 2.22. The number of nitrogens with zero attached hydrogens (tertiary/aromatic N) is 3. The normalized spacial score (nSPS) is 17.2. The summed E-state index contributed by atoms with van der Waals surface area (Å²) in [6.07, 6.45) is 2.03. The number of nitrogens with two attached hydrogens (primary N) is 1. The average Bonchev–Trinajstić information content (AvgIpc) is 3.22. The Balaban J connectivity index is 1.77. The first-order valence-electron chi connectivity index (χ1n) is 7.45. The zero-order valence-electron chi connectivity index (χ0n) is 12.9. The number of hydrogen-bond donors (Lipinski definition) is 2. The number of benzene rings is 1. The third kappa shape index (κ3) is 3.11. The molecule has 2 aromatic rings. The van der Waals surface area contributed by atoms with E-state index in [-0.39, 0.29) is 23.5 Å². The zero-order valence-corrected chi connectivity index (χ0v) is 12.9.